The van der Waals surface area contributed by atoms with Gasteiger partial charge in [0.25, 0.3) is 0 Å². The fourth-order valence-corrected chi connectivity index (χ4v) is 1.11. The Hall–Kier alpha value is -0.910. The lowest BCUT2D eigenvalue weighted by Gasteiger charge is -1.85. The Balaban J connectivity index is 3.49. The van der Waals surface area contributed by atoms with E-state index in [2.05, 4.69) is 5.10 Å². The summed E-state index contributed by atoms with van der Waals surface area (Å²) in [6.07, 6.45) is 1.66. The molecule has 1 rings (SSSR count). The van der Waals surface area contributed by atoms with E-state index >= 15 is 0 Å². The number of H-pyrrole nitrogens is 1. The van der Waals surface area contributed by atoms with Crippen molar-refractivity contribution in [2.45, 2.75) is 0 Å². The van der Waals surface area contributed by atoms with Crippen LogP contribution in [0.4, 0.5) is 0 Å². The SMILES string of the molecule is CSn1c(=O)[nH]n(C)c1=O. The van der Waals surface area contributed by atoms with Crippen LogP contribution in [0.3, 0.4) is 0 Å². The van der Waals surface area contributed by atoms with Gasteiger partial charge in [0, 0.05) is 13.3 Å². The Morgan fingerprint density at radius 3 is 2.30 bits per heavy atom. The third-order valence-electron chi connectivity index (χ3n) is 1.09. The molecule has 5 nitrogen and oxygen atoms in total. The molecule has 0 spiro atoms. The highest BCUT2D eigenvalue weighted by Crippen LogP contribution is 1.85. The van der Waals surface area contributed by atoms with Crippen LogP contribution < -0.4 is 11.4 Å². The van der Waals surface area contributed by atoms with Gasteiger partial charge in [-0.25, -0.2) is 19.4 Å². The third-order valence-corrected chi connectivity index (χ3v) is 1.78. The Bertz CT molecular complexity index is 333. The molecule has 1 heterocycles. The van der Waals surface area contributed by atoms with Crippen LogP contribution in [-0.4, -0.2) is 20.0 Å². The summed E-state index contributed by atoms with van der Waals surface area (Å²) in [6.45, 7) is 0. The molecule has 0 amide bonds. The van der Waals surface area contributed by atoms with Crippen molar-refractivity contribution in [3.05, 3.63) is 21.0 Å². The molecule has 56 valence electrons. The molecule has 0 fully saturated rings. The average Bonchev–Trinajstić information content (AvgIpc) is 2.09. The maximum absolute atomic E-state index is 10.9. The van der Waals surface area contributed by atoms with E-state index in [0.29, 0.717) is 0 Å². The predicted octanol–water partition coefficient (Wildman–Crippen LogP) is -0.999. The first-order chi connectivity index (χ1) is 4.66. The summed E-state index contributed by atoms with van der Waals surface area (Å²) in [7, 11) is 1.50. The van der Waals surface area contributed by atoms with Gasteiger partial charge in [0.2, 0.25) is 0 Å². The van der Waals surface area contributed by atoms with E-state index in [4.69, 9.17) is 0 Å². The van der Waals surface area contributed by atoms with Gasteiger partial charge in [-0.05, 0) is 11.9 Å². The quantitative estimate of drug-likeness (QED) is 0.574. The minimum atomic E-state index is -0.389. The first-order valence-corrected chi connectivity index (χ1v) is 3.77. The molecular formula is C4H7N3O2S. The number of nitrogens with zero attached hydrogens (tertiary/aromatic N) is 2. The maximum atomic E-state index is 10.9. The summed E-state index contributed by atoms with van der Waals surface area (Å²) >= 11 is 1.08. The fraction of sp³-hybridized carbons (Fsp3) is 0.500. The minimum absolute atomic E-state index is 0.336. The number of aromatic nitrogens is 3. The van der Waals surface area contributed by atoms with Gasteiger partial charge in [0.05, 0.1) is 0 Å². The lowest BCUT2D eigenvalue weighted by Crippen LogP contribution is -2.22. The van der Waals surface area contributed by atoms with Crippen molar-refractivity contribution in [2.75, 3.05) is 6.26 Å². The Labute approximate surface area is 60.8 Å². The summed E-state index contributed by atoms with van der Waals surface area (Å²) < 4.78 is 2.18. The van der Waals surface area contributed by atoms with Crippen molar-refractivity contribution in [1.29, 1.82) is 0 Å². The highest BCUT2D eigenvalue weighted by Gasteiger charge is 2.02. The van der Waals surface area contributed by atoms with E-state index in [-0.39, 0.29) is 11.4 Å². The highest BCUT2D eigenvalue weighted by molar-refractivity contribution is 7.97. The van der Waals surface area contributed by atoms with Crippen molar-refractivity contribution in [3.8, 4) is 0 Å². The monoisotopic (exact) mass is 161 g/mol. The van der Waals surface area contributed by atoms with Gasteiger partial charge < -0.3 is 0 Å². The molecule has 6 heteroatoms. The summed E-state index contributed by atoms with van der Waals surface area (Å²) in [4.78, 5) is 21.7. The molecular weight excluding hydrogens is 154 g/mol. The van der Waals surface area contributed by atoms with Gasteiger partial charge in [0.1, 0.15) is 0 Å². The molecule has 0 aliphatic heterocycles. The van der Waals surface area contributed by atoms with Gasteiger partial charge in [-0.1, -0.05) is 0 Å². The molecule has 0 aliphatic rings. The topological polar surface area (TPSA) is 59.8 Å². The molecule has 0 atom stereocenters. The summed E-state index contributed by atoms with van der Waals surface area (Å²) in [5.41, 5.74) is -0.725. The smallest absolute Gasteiger partial charge is 0.245 e. The second kappa shape index (κ2) is 2.37. The molecule has 0 radical (unpaired) electrons. The number of rotatable bonds is 1. The van der Waals surface area contributed by atoms with Crippen molar-refractivity contribution < 1.29 is 0 Å². The first-order valence-electron chi connectivity index (χ1n) is 2.59. The number of nitrogens with one attached hydrogen (secondary N) is 1. The van der Waals surface area contributed by atoms with Crippen LogP contribution in [0.15, 0.2) is 9.59 Å². The zero-order valence-corrected chi connectivity index (χ0v) is 6.44. The van der Waals surface area contributed by atoms with Gasteiger partial charge in [0.15, 0.2) is 0 Å². The number of hydrogen-bond acceptors (Lipinski definition) is 3. The largest absolute Gasteiger partial charge is 0.357 e. The zero-order chi connectivity index (χ0) is 7.72. The van der Waals surface area contributed by atoms with Crippen LogP contribution >= 0.6 is 11.9 Å². The van der Waals surface area contributed by atoms with Crippen LogP contribution in [-0.2, 0) is 7.05 Å². The van der Waals surface area contributed by atoms with Crippen molar-refractivity contribution in [3.63, 3.8) is 0 Å². The van der Waals surface area contributed by atoms with E-state index in [1.807, 2.05) is 0 Å². The highest BCUT2D eigenvalue weighted by atomic mass is 32.2. The average molecular weight is 161 g/mol. The molecule has 0 unspecified atom stereocenters. The lowest BCUT2D eigenvalue weighted by atomic mass is 11.2. The molecule has 1 aromatic heterocycles. The van der Waals surface area contributed by atoms with Gasteiger partial charge in [-0.2, -0.15) is 3.97 Å². The number of aromatic amines is 1. The zero-order valence-electron chi connectivity index (χ0n) is 5.62. The third kappa shape index (κ3) is 0.900. The number of aryl methyl sites for hydroxylation is 1. The Morgan fingerprint density at radius 1 is 1.50 bits per heavy atom. The molecule has 0 aromatic carbocycles. The summed E-state index contributed by atoms with van der Waals surface area (Å²) in [5.74, 6) is 0. The van der Waals surface area contributed by atoms with Gasteiger partial charge in [-0.15, -0.1) is 0 Å². The van der Waals surface area contributed by atoms with Crippen LogP contribution in [0.25, 0.3) is 0 Å². The predicted molar refractivity (Wildman–Crippen MR) is 39.2 cm³/mol. The van der Waals surface area contributed by atoms with E-state index in [9.17, 15) is 9.59 Å². The van der Waals surface area contributed by atoms with Crippen LogP contribution in [0.1, 0.15) is 0 Å². The molecule has 1 N–H and O–H groups in total. The van der Waals surface area contributed by atoms with Crippen LogP contribution in [0.2, 0.25) is 0 Å². The molecule has 0 aliphatic carbocycles. The van der Waals surface area contributed by atoms with Crippen molar-refractivity contribution >= 4 is 11.9 Å². The Kier molecular flexibility index (Phi) is 1.71. The normalized spacial score (nSPS) is 10.2. The summed E-state index contributed by atoms with van der Waals surface area (Å²) in [5, 5.41) is 2.32. The van der Waals surface area contributed by atoms with E-state index in [0.717, 1.165) is 20.6 Å². The first kappa shape index (κ1) is 7.20. The standard InChI is InChI=1S/C4H7N3O2S/c1-6-4(9)7(10-2)3(8)5-6/h1-2H3,(H,5,8). The van der Waals surface area contributed by atoms with Crippen molar-refractivity contribution in [2.24, 2.45) is 7.05 Å². The molecule has 10 heavy (non-hydrogen) atoms. The van der Waals surface area contributed by atoms with Crippen molar-refractivity contribution in [1.82, 2.24) is 13.8 Å². The van der Waals surface area contributed by atoms with Gasteiger partial charge in [-0.3, -0.25) is 0 Å². The second-order valence-electron chi connectivity index (χ2n) is 1.74. The van der Waals surface area contributed by atoms with Gasteiger partial charge >= 0.3 is 11.4 Å². The number of hydrogen-bond donors (Lipinski definition) is 1. The molecule has 0 saturated heterocycles. The van der Waals surface area contributed by atoms with Crippen LogP contribution in [0, 0.1) is 0 Å². The van der Waals surface area contributed by atoms with E-state index in [1.165, 1.54) is 7.05 Å². The van der Waals surface area contributed by atoms with E-state index < -0.39 is 0 Å². The minimum Gasteiger partial charge on any atom is -0.245 e. The molecule has 1 aromatic rings. The van der Waals surface area contributed by atoms with Crippen LogP contribution in [0.5, 0.6) is 0 Å². The fourth-order valence-electron chi connectivity index (χ4n) is 0.621. The molecule has 0 saturated carbocycles. The lowest BCUT2D eigenvalue weighted by molar-refractivity contribution is 0.726. The molecule has 0 bridgehead atoms. The Morgan fingerprint density at radius 2 is 2.10 bits per heavy atom. The second-order valence-corrected chi connectivity index (χ2v) is 2.47. The maximum Gasteiger partial charge on any atom is 0.357 e. The summed E-state index contributed by atoms with van der Waals surface area (Å²) in [6, 6.07) is 0. The van der Waals surface area contributed by atoms with E-state index in [1.54, 1.807) is 6.26 Å².